The van der Waals surface area contributed by atoms with E-state index >= 15 is 0 Å². The summed E-state index contributed by atoms with van der Waals surface area (Å²) in [6, 6.07) is 2.37. The second kappa shape index (κ2) is 6.87. The van der Waals surface area contributed by atoms with Gasteiger partial charge in [0.05, 0.1) is 5.69 Å². The first-order valence-corrected chi connectivity index (χ1v) is 7.70. The Kier molecular flexibility index (Phi) is 5.13. The van der Waals surface area contributed by atoms with Crippen LogP contribution in [-0.2, 0) is 13.0 Å². The summed E-state index contributed by atoms with van der Waals surface area (Å²) in [5.41, 5.74) is 10.1. The minimum atomic E-state index is 0.368. The first-order valence-electron chi connectivity index (χ1n) is 7.70. The second-order valence-corrected chi connectivity index (χ2v) is 5.95. The van der Waals surface area contributed by atoms with Crippen LogP contribution in [0.2, 0.25) is 0 Å². The third kappa shape index (κ3) is 3.44. The maximum atomic E-state index is 5.60. The van der Waals surface area contributed by atoms with Crippen molar-refractivity contribution in [2.24, 2.45) is 5.73 Å². The normalized spacial score (nSPS) is 11.2. The van der Waals surface area contributed by atoms with Crippen LogP contribution in [-0.4, -0.2) is 33.3 Å². The van der Waals surface area contributed by atoms with Gasteiger partial charge in [-0.1, -0.05) is 0 Å². The first kappa shape index (κ1) is 16.4. The predicted octanol–water partition coefficient (Wildman–Crippen LogP) is 2.01. The Hall–Kier alpha value is -1.95. The summed E-state index contributed by atoms with van der Waals surface area (Å²) in [5, 5.41) is 4.64. The Morgan fingerprint density at radius 3 is 2.59 bits per heavy atom. The second-order valence-electron chi connectivity index (χ2n) is 5.95. The van der Waals surface area contributed by atoms with Gasteiger partial charge in [-0.15, -0.1) is 0 Å². The van der Waals surface area contributed by atoms with E-state index in [-0.39, 0.29) is 0 Å². The number of nitrogens with two attached hydrogens (primary N) is 1. The summed E-state index contributed by atoms with van der Waals surface area (Å²) in [7, 11) is 2.04. The molecule has 2 N–H and O–H groups in total. The van der Waals surface area contributed by atoms with Crippen molar-refractivity contribution in [2.45, 2.75) is 46.7 Å². The summed E-state index contributed by atoms with van der Waals surface area (Å²) >= 11 is 0. The van der Waals surface area contributed by atoms with E-state index in [1.807, 2.05) is 13.1 Å². The molecule has 0 bridgehead atoms. The zero-order valence-electron chi connectivity index (χ0n) is 14.2. The van der Waals surface area contributed by atoms with E-state index in [1.165, 1.54) is 11.3 Å². The van der Waals surface area contributed by atoms with Crippen molar-refractivity contribution in [3.8, 4) is 0 Å². The summed E-state index contributed by atoms with van der Waals surface area (Å²) in [5.74, 6) is 0.912. The third-order valence-electron chi connectivity index (χ3n) is 3.86. The number of hydrogen-bond donors (Lipinski definition) is 1. The Balaban J connectivity index is 2.22. The van der Waals surface area contributed by atoms with E-state index in [0.717, 1.165) is 30.2 Å². The average molecular weight is 302 g/mol. The minimum Gasteiger partial charge on any atom is -0.355 e. The molecule has 0 spiro atoms. The fraction of sp³-hybridized carbons (Fsp3) is 0.562. The molecule has 0 radical (unpaired) electrons. The van der Waals surface area contributed by atoms with Crippen molar-refractivity contribution in [1.82, 2.24) is 19.7 Å². The van der Waals surface area contributed by atoms with Crippen LogP contribution in [0.5, 0.6) is 0 Å². The van der Waals surface area contributed by atoms with Gasteiger partial charge in [-0.05, 0) is 34.2 Å². The summed E-state index contributed by atoms with van der Waals surface area (Å²) in [4.78, 5) is 10.7. The number of hydrogen-bond acceptors (Lipinski definition) is 5. The molecule has 0 amide bonds. The third-order valence-corrected chi connectivity index (χ3v) is 3.86. The number of rotatable bonds is 6. The monoisotopic (exact) mass is 302 g/mol. The number of aryl methyl sites for hydroxylation is 1. The van der Waals surface area contributed by atoms with E-state index in [1.54, 1.807) is 6.33 Å². The lowest BCUT2D eigenvalue weighted by Crippen LogP contribution is -2.19. The number of aromatic nitrogens is 4. The van der Waals surface area contributed by atoms with E-state index in [9.17, 15) is 0 Å². The fourth-order valence-electron chi connectivity index (χ4n) is 2.63. The fourth-order valence-corrected chi connectivity index (χ4v) is 2.63. The first-order chi connectivity index (χ1) is 10.4. The average Bonchev–Trinajstić information content (AvgIpc) is 2.76. The lowest BCUT2D eigenvalue weighted by molar-refractivity contribution is 0.515. The van der Waals surface area contributed by atoms with Gasteiger partial charge >= 0.3 is 0 Å². The zero-order chi connectivity index (χ0) is 16.3. The maximum absolute atomic E-state index is 5.60. The van der Waals surface area contributed by atoms with Gasteiger partial charge in [-0.2, -0.15) is 5.10 Å². The zero-order valence-corrected chi connectivity index (χ0v) is 14.2. The van der Waals surface area contributed by atoms with E-state index in [0.29, 0.717) is 12.6 Å². The molecule has 0 atom stereocenters. The van der Waals surface area contributed by atoms with Gasteiger partial charge in [0, 0.05) is 49.1 Å². The van der Waals surface area contributed by atoms with Crippen molar-refractivity contribution in [3.05, 3.63) is 35.0 Å². The highest BCUT2D eigenvalue weighted by atomic mass is 15.3. The standard InChI is InChI=1S/C16H26N6/c1-11(2)22-13(4)15(12(3)20-22)9-21(5)16-8-14(6-7-17)18-10-19-16/h8,10-11H,6-7,9,17H2,1-5H3. The minimum absolute atomic E-state index is 0.368. The van der Waals surface area contributed by atoms with Crippen LogP contribution in [0.3, 0.4) is 0 Å². The highest BCUT2D eigenvalue weighted by Crippen LogP contribution is 2.21. The molecule has 0 fully saturated rings. The van der Waals surface area contributed by atoms with Gasteiger partial charge in [0.1, 0.15) is 12.1 Å². The van der Waals surface area contributed by atoms with Gasteiger partial charge in [0.25, 0.3) is 0 Å². The van der Waals surface area contributed by atoms with Crippen molar-refractivity contribution in [3.63, 3.8) is 0 Å². The van der Waals surface area contributed by atoms with Crippen molar-refractivity contribution in [1.29, 1.82) is 0 Å². The molecule has 2 aromatic heterocycles. The van der Waals surface area contributed by atoms with Gasteiger partial charge in [0.2, 0.25) is 0 Å². The van der Waals surface area contributed by atoms with Gasteiger partial charge in [0.15, 0.2) is 0 Å². The lowest BCUT2D eigenvalue weighted by Gasteiger charge is -2.19. The smallest absolute Gasteiger partial charge is 0.132 e. The lowest BCUT2D eigenvalue weighted by atomic mass is 10.2. The molecule has 6 nitrogen and oxygen atoms in total. The Morgan fingerprint density at radius 2 is 2.00 bits per heavy atom. The Morgan fingerprint density at radius 1 is 1.27 bits per heavy atom. The molecular formula is C16H26N6. The molecular weight excluding hydrogens is 276 g/mol. The van der Waals surface area contributed by atoms with Crippen LogP contribution in [0, 0.1) is 13.8 Å². The molecule has 0 aliphatic heterocycles. The molecule has 0 unspecified atom stereocenters. The van der Waals surface area contributed by atoms with Gasteiger partial charge < -0.3 is 10.6 Å². The van der Waals surface area contributed by atoms with Crippen molar-refractivity contribution < 1.29 is 0 Å². The van der Waals surface area contributed by atoms with E-state index < -0.39 is 0 Å². The van der Waals surface area contributed by atoms with Crippen LogP contribution in [0.15, 0.2) is 12.4 Å². The number of nitrogens with zero attached hydrogens (tertiary/aromatic N) is 5. The molecule has 6 heteroatoms. The van der Waals surface area contributed by atoms with Crippen LogP contribution in [0.4, 0.5) is 5.82 Å². The molecule has 120 valence electrons. The van der Waals surface area contributed by atoms with Crippen molar-refractivity contribution >= 4 is 5.82 Å². The number of anilines is 1. The molecule has 2 aromatic rings. The molecule has 0 aliphatic carbocycles. The molecule has 0 saturated heterocycles. The van der Waals surface area contributed by atoms with Crippen LogP contribution < -0.4 is 10.6 Å². The van der Waals surface area contributed by atoms with E-state index in [2.05, 4.69) is 52.3 Å². The molecule has 22 heavy (non-hydrogen) atoms. The largest absolute Gasteiger partial charge is 0.355 e. The molecule has 0 aliphatic rings. The van der Waals surface area contributed by atoms with Gasteiger partial charge in [-0.25, -0.2) is 9.97 Å². The SMILES string of the molecule is Cc1nn(C(C)C)c(C)c1CN(C)c1cc(CCN)ncn1. The summed E-state index contributed by atoms with van der Waals surface area (Å²) < 4.78 is 2.08. The van der Waals surface area contributed by atoms with Gasteiger partial charge in [-0.3, -0.25) is 4.68 Å². The van der Waals surface area contributed by atoms with Crippen LogP contribution in [0.1, 0.15) is 42.5 Å². The molecule has 2 rings (SSSR count). The summed E-state index contributed by atoms with van der Waals surface area (Å²) in [6.45, 7) is 9.87. The quantitative estimate of drug-likeness (QED) is 0.883. The maximum Gasteiger partial charge on any atom is 0.132 e. The highest BCUT2D eigenvalue weighted by molar-refractivity contribution is 5.40. The topological polar surface area (TPSA) is 72.9 Å². The van der Waals surface area contributed by atoms with Crippen LogP contribution >= 0.6 is 0 Å². The van der Waals surface area contributed by atoms with Crippen LogP contribution in [0.25, 0.3) is 0 Å². The van der Waals surface area contributed by atoms with E-state index in [4.69, 9.17) is 5.73 Å². The predicted molar refractivity (Wildman–Crippen MR) is 89.0 cm³/mol. The van der Waals surface area contributed by atoms with Crippen molar-refractivity contribution in [2.75, 3.05) is 18.5 Å². The Labute approximate surface area is 132 Å². The Bertz CT molecular complexity index is 632. The summed E-state index contributed by atoms with van der Waals surface area (Å²) in [6.07, 6.45) is 2.38. The highest BCUT2D eigenvalue weighted by Gasteiger charge is 2.15. The molecule has 0 aromatic carbocycles. The molecule has 2 heterocycles. The molecule has 0 saturated carbocycles.